The molecule has 2 heterocycles. The maximum absolute atomic E-state index is 10.2. The molecule has 0 unspecified atom stereocenters. The van der Waals surface area contributed by atoms with Gasteiger partial charge < -0.3 is 50.0 Å². The van der Waals surface area contributed by atoms with Crippen LogP contribution in [-0.2, 0) is 19.0 Å². The molecule has 0 bridgehead atoms. The summed E-state index contributed by atoms with van der Waals surface area (Å²) in [7, 11) is 0. The van der Waals surface area contributed by atoms with Crippen LogP contribution in [0, 0.1) is 0 Å². The van der Waals surface area contributed by atoms with Crippen LogP contribution in [0.4, 0.5) is 0 Å². The van der Waals surface area contributed by atoms with E-state index in [0.717, 1.165) is 0 Å². The molecule has 2 rings (SSSR count). The highest BCUT2D eigenvalue weighted by Gasteiger charge is 2.57. The molecule has 0 aromatic carbocycles. The van der Waals surface area contributed by atoms with E-state index in [-0.39, 0.29) is 0 Å². The number of nitrogens with two attached hydrogens (primary N) is 2. The molecular formula is C12H24N2O11. The number of hydrogen-bond acceptors (Lipinski definition) is 13. The first kappa shape index (κ1) is 20.8. The van der Waals surface area contributed by atoms with Crippen LogP contribution < -0.4 is 11.6 Å². The van der Waals surface area contributed by atoms with Gasteiger partial charge in [-0.2, -0.15) is 0 Å². The zero-order chi connectivity index (χ0) is 18.9. The molecule has 2 saturated heterocycles. The van der Waals surface area contributed by atoms with Crippen molar-refractivity contribution in [3.8, 4) is 0 Å². The predicted molar refractivity (Wildman–Crippen MR) is 74.8 cm³/mol. The number of rotatable bonds is 5. The maximum Gasteiger partial charge on any atom is 0.197 e. The lowest BCUT2D eigenvalue weighted by molar-refractivity contribution is -0.375. The second-order valence-electron chi connectivity index (χ2n) is 5.92. The fourth-order valence-corrected chi connectivity index (χ4v) is 2.78. The minimum atomic E-state index is -2.27. The van der Waals surface area contributed by atoms with E-state index in [1.54, 1.807) is 0 Å². The van der Waals surface area contributed by atoms with Crippen molar-refractivity contribution in [1.82, 2.24) is 0 Å². The van der Waals surface area contributed by atoms with Crippen LogP contribution in [0.15, 0.2) is 0 Å². The van der Waals surface area contributed by atoms with Crippen LogP contribution in [0.2, 0.25) is 0 Å². The first-order chi connectivity index (χ1) is 11.7. The van der Waals surface area contributed by atoms with Crippen molar-refractivity contribution >= 4 is 0 Å². The van der Waals surface area contributed by atoms with E-state index in [2.05, 4.69) is 4.84 Å². The minimum Gasteiger partial charge on any atom is -0.394 e. The SMILES string of the molecule is NO[C@@]1(N)[C@H](O)[C@@H](CO)O[C@H](O[C@H]2[C@H](O)[C@@H](O)[C@H](O)O[C@@H]2CO)[C@@H]1O. The normalized spacial score (nSPS) is 51.5. The quantitative estimate of drug-likeness (QED) is 0.162. The Morgan fingerprint density at radius 3 is 2.00 bits per heavy atom. The second-order valence-corrected chi connectivity index (χ2v) is 5.92. The van der Waals surface area contributed by atoms with Gasteiger partial charge in [-0.1, -0.05) is 0 Å². The highest BCUT2D eigenvalue weighted by Crippen LogP contribution is 2.32. The Morgan fingerprint density at radius 2 is 1.48 bits per heavy atom. The van der Waals surface area contributed by atoms with E-state index in [0.29, 0.717) is 0 Å². The van der Waals surface area contributed by atoms with E-state index in [9.17, 15) is 35.7 Å². The summed E-state index contributed by atoms with van der Waals surface area (Å²) in [5.74, 6) is 5.03. The molecule has 148 valence electrons. The van der Waals surface area contributed by atoms with Crippen molar-refractivity contribution in [3.63, 3.8) is 0 Å². The zero-order valence-electron chi connectivity index (χ0n) is 13.0. The Kier molecular flexibility index (Phi) is 6.66. The standard InChI is InChI=1S/C12H24N2O11/c13-12(25-14)8(19)4(2-16)23-11(9(12)20)24-7-3(1-15)22-10(21)6(18)5(7)17/h3-11,15-21H,1-2,13-14H2/t3-,4-,5-,6-,7-,8-,9+,10-,11-,12+/m1/s1. The number of ether oxygens (including phenoxy) is 3. The molecule has 0 radical (unpaired) electrons. The van der Waals surface area contributed by atoms with Gasteiger partial charge in [-0.3, -0.25) is 10.6 Å². The van der Waals surface area contributed by atoms with Gasteiger partial charge in [0.2, 0.25) is 0 Å². The van der Waals surface area contributed by atoms with E-state index >= 15 is 0 Å². The van der Waals surface area contributed by atoms with Gasteiger partial charge in [-0.25, -0.2) is 5.90 Å². The first-order valence-electron chi connectivity index (χ1n) is 7.46. The van der Waals surface area contributed by atoms with Gasteiger partial charge in [-0.05, 0) is 0 Å². The van der Waals surface area contributed by atoms with Crippen molar-refractivity contribution in [2.24, 2.45) is 11.6 Å². The number of hydrogen-bond donors (Lipinski definition) is 9. The van der Waals surface area contributed by atoms with Crippen molar-refractivity contribution in [2.75, 3.05) is 13.2 Å². The lowest BCUT2D eigenvalue weighted by Crippen LogP contribution is -2.74. The Hall–Kier alpha value is -0.520. The highest BCUT2D eigenvalue weighted by molar-refractivity contribution is 5.00. The molecule has 0 aromatic rings. The van der Waals surface area contributed by atoms with Gasteiger partial charge in [0.15, 0.2) is 24.4 Å². The van der Waals surface area contributed by atoms with Crippen molar-refractivity contribution in [1.29, 1.82) is 0 Å². The molecule has 0 aromatic heterocycles. The first-order valence-corrected chi connectivity index (χ1v) is 7.46. The summed E-state index contributed by atoms with van der Waals surface area (Å²) in [6.45, 7) is -1.44. The molecule has 2 fully saturated rings. The fourth-order valence-electron chi connectivity index (χ4n) is 2.78. The van der Waals surface area contributed by atoms with E-state index in [4.69, 9.17) is 25.8 Å². The summed E-state index contributed by atoms with van der Waals surface area (Å²) in [4.78, 5) is 4.45. The molecule has 11 N–H and O–H groups in total. The second kappa shape index (κ2) is 8.01. The van der Waals surface area contributed by atoms with Crippen LogP contribution in [0.3, 0.4) is 0 Å². The monoisotopic (exact) mass is 372 g/mol. The average molecular weight is 372 g/mol. The average Bonchev–Trinajstić information content (AvgIpc) is 2.61. The summed E-state index contributed by atoms with van der Waals surface area (Å²) in [6.07, 6.45) is -14.6. The van der Waals surface area contributed by atoms with Crippen LogP contribution >= 0.6 is 0 Å². The molecular weight excluding hydrogens is 348 g/mol. The third kappa shape index (κ3) is 3.65. The molecule has 0 spiro atoms. The molecule has 2 aliphatic heterocycles. The van der Waals surface area contributed by atoms with Crippen molar-refractivity contribution < 1.29 is 54.8 Å². The zero-order valence-corrected chi connectivity index (χ0v) is 13.0. The van der Waals surface area contributed by atoms with Gasteiger partial charge in [0.05, 0.1) is 13.2 Å². The summed E-state index contributed by atoms with van der Waals surface area (Å²) in [5, 5.41) is 68.0. The van der Waals surface area contributed by atoms with Crippen LogP contribution in [0.1, 0.15) is 0 Å². The molecule has 13 heteroatoms. The lowest BCUT2D eigenvalue weighted by Gasteiger charge is -2.49. The molecule has 2 aliphatic rings. The molecule has 10 atom stereocenters. The summed E-state index contributed by atoms with van der Waals surface area (Å²) in [5.41, 5.74) is 3.43. The van der Waals surface area contributed by atoms with Crippen LogP contribution in [0.5, 0.6) is 0 Å². The maximum atomic E-state index is 10.2. The molecule has 0 amide bonds. The smallest absolute Gasteiger partial charge is 0.197 e. The number of aliphatic hydroxyl groups excluding tert-OH is 7. The molecule has 0 saturated carbocycles. The third-order valence-electron chi connectivity index (χ3n) is 4.36. The van der Waals surface area contributed by atoms with Crippen molar-refractivity contribution in [3.05, 3.63) is 0 Å². The Bertz CT molecular complexity index is 443. The highest BCUT2D eigenvalue weighted by atomic mass is 16.7. The van der Waals surface area contributed by atoms with E-state index in [1.165, 1.54) is 0 Å². The van der Waals surface area contributed by atoms with Gasteiger partial charge in [-0.15, -0.1) is 0 Å². The Labute approximate surface area is 141 Å². The topological polar surface area (TPSA) is 231 Å². The summed E-state index contributed by atoms with van der Waals surface area (Å²) < 4.78 is 15.4. The van der Waals surface area contributed by atoms with Crippen LogP contribution in [0.25, 0.3) is 0 Å². The van der Waals surface area contributed by atoms with Crippen molar-refractivity contribution in [2.45, 2.75) is 61.0 Å². The summed E-state index contributed by atoms with van der Waals surface area (Å²) >= 11 is 0. The van der Waals surface area contributed by atoms with Gasteiger partial charge in [0.25, 0.3) is 0 Å². The minimum absolute atomic E-state index is 0.707. The van der Waals surface area contributed by atoms with Gasteiger partial charge >= 0.3 is 0 Å². The number of aliphatic hydroxyl groups is 7. The van der Waals surface area contributed by atoms with Gasteiger partial charge in [0, 0.05) is 0 Å². The molecule has 13 nitrogen and oxygen atoms in total. The lowest BCUT2D eigenvalue weighted by atomic mass is 9.92. The van der Waals surface area contributed by atoms with E-state index < -0.39 is 74.2 Å². The Morgan fingerprint density at radius 1 is 0.880 bits per heavy atom. The molecule has 0 aliphatic carbocycles. The van der Waals surface area contributed by atoms with Crippen LogP contribution in [-0.4, -0.2) is 110 Å². The Balaban J connectivity index is 2.21. The fraction of sp³-hybridized carbons (Fsp3) is 1.00. The largest absolute Gasteiger partial charge is 0.394 e. The van der Waals surface area contributed by atoms with Gasteiger partial charge in [0.1, 0.15) is 36.6 Å². The van der Waals surface area contributed by atoms with E-state index in [1.807, 2.05) is 0 Å². The summed E-state index contributed by atoms with van der Waals surface area (Å²) in [6, 6.07) is 0. The predicted octanol–water partition coefficient (Wildman–Crippen LogP) is -6.21. The third-order valence-corrected chi connectivity index (χ3v) is 4.36. The molecule has 25 heavy (non-hydrogen) atoms.